The third-order valence-electron chi connectivity index (χ3n) is 6.03. The first-order chi connectivity index (χ1) is 15.4. The minimum absolute atomic E-state index is 0.00163. The van der Waals surface area contributed by atoms with Crippen LogP contribution in [-0.4, -0.2) is 45.6 Å². The summed E-state index contributed by atoms with van der Waals surface area (Å²) in [4.78, 5) is 27.6. The Labute approximate surface area is 193 Å². The molecule has 1 N–H and O–H groups in total. The minimum atomic E-state index is -0.0667. The summed E-state index contributed by atoms with van der Waals surface area (Å²) in [7, 11) is 0. The van der Waals surface area contributed by atoms with E-state index in [2.05, 4.69) is 10.4 Å². The highest BCUT2D eigenvalue weighted by Gasteiger charge is 2.28. The lowest BCUT2D eigenvalue weighted by Gasteiger charge is -2.32. The van der Waals surface area contributed by atoms with E-state index in [1.807, 2.05) is 65.9 Å². The van der Waals surface area contributed by atoms with Crippen LogP contribution < -0.4 is 5.32 Å². The van der Waals surface area contributed by atoms with Crippen molar-refractivity contribution < 1.29 is 9.59 Å². The summed E-state index contributed by atoms with van der Waals surface area (Å²) in [5.74, 6) is -0.0684. The van der Waals surface area contributed by atoms with Gasteiger partial charge in [0.25, 0.3) is 11.8 Å². The summed E-state index contributed by atoms with van der Waals surface area (Å²) in [5.41, 5.74) is 3.84. The maximum Gasteiger partial charge on any atom is 0.257 e. The fourth-order valence-corrected chi connectivity index (χ4v) is 4.39. The van der Waals surface area contributed by atoms with Crippen LogP contribution in [0.3, 0.4) is 0 Å². The van der Waals surface area contributed by atoms with Crippen LogP contribution in [0, 0.1) is 13.8 Å². The number of piperidine rings is 1. The zero-order valence-corrected chi connectivity index (χ0v) is 19.1. The summed E-state index contributed by atoms with van der Waals surface area (Å²) >= 11 is 6.30. The second kappa shape index (κ2) is 9.57. The predicted octanol–water partition coefficient (Wildman–Crippen LogP) is 4.24. The molecule has 1 aliphatic heterocycles. The first kappa shape index (κ1) is 22.1. The van der Waals surface area contributed by atoms with Gasteiger partial charge in [-0.25, -0.2) is 0 Å². The van der Waals surface area contributed by atoms with Crippen molar-refractivity contribution in [2.75, 3.05) is 13.1 Å². The molecule has 0 saturated carbocycles. The third-order valence-corrected chi connectivity index (χ3v) is 6.40. The van der Waals surface area contributed by atoms with Gasteiger partial charge in [0.1, 0.15) is 0 Å². The van der Waals surface area contributed by atoms with Gasteiger partial charge in [0.05, 0.1) is 17.8 Å². The first-order valence-corrected chi connectivity index (χ1v) is 11.2. The van der Waals surface area contributed by atoms with Gasteiger partial charge in [0.2, 0.25) is 0 Å². The van der Waals surface area contributed by atoms with Gasteiger partial charge in [0, 0.05) is 35.4 Å². The number of amides is 2. The van der Waals surface area contributed by atoms with Crippen molar-refractivity contribution in [3.63, 3.8) is 0 Å². The van der Waals surface area contributed by atoms with Crippen molar-refractivity contribution >= 4 is 23.4 Å². The fourth-order valence-electron chi connectivity index (χ4n) is 4.19. The van der Waals surface area contributed by atoms with Crippen molar-refractivity contribution in [3.05, 3.63) is 87.7 Å². The molecule has 0 atom stereocenters. The maximum atomic E-state index is 13.3. The van der Waals surface area contributed by atoms with Crippen LogP contribution in [0.5, 0.6) is 0 Å². The van der Waals surface area contributed by atoms with Gasteiger partial charge in [-0.1, -0.05) is 48.0 Å². The van der Waals surface area contributed by atoms with E-state index in [-0.39, 0.29) is 17.9 Å². The number of rotatable bonds is 5. The van der Waals surface area contributed by atoms with Crippen LogP contribution >= 0.6 is 11.6 Å². The molecular formula is C25H27ClN4O2. The number of benzene rings is 2. The molecule has 1 aromatic heterocycles. The topological polar surface area (TPSA) is 67.2 Å². The Balaban J connectivity index is 1.39. The van der Waals surface area contributed by atoms with E-state index < -0.39 is 0 Å². The first-order valence-electron chi connectivity index (χ1n) is 10.9. The Kier molecular flexibility index (Phi) is 6.61. The number of hydrogen-bond acceptors (Lipinski definition) is 3. The van der Waals surface area contributed by atoms with Gasteiger partial charge in [-0.2, -0.15) is 5.10 Å². The number of carbonyl (C=O) groups is 2. The number of hydrogen-bond donors (Lipinski definition) is 1. The number of aryl methyl sites for hydroxylation is 1. The Morgan fingerprint density at radius 3 is 2.38 bits per heavy atom. The Morgan fingerprint density at radius 1 is 1.03 bits per heavy atom. The molecule has 7 heteroatoms. The van der Waals surface area contributed by atoms with Gasteiger partial charge in [0.15, 0.2) is 0 Å². The molecule has 166 valence electrons. The lowest BCUT2D eigenvalue weighted by molar-refractivity contribution is 0.0696. The number of nitrogens with one attached hydrogen (secondary N) is 1. The van der Waals surface area contributed by atoms with E-state index in [4.69, 9.17) is 11.6 Å². The number of halogens is 1. The van der Waals surface area contributed by atoms with Gasteiger partial charge < -0.3 is 10.2 Å². The summed E-state index contributed by atoms with van der Waals surface area (Å²) in [5, 5.41) is 8.38. The summed E-state index contributed by atoms with van der Waals surface area (Å²) in [6.45, 7) is 5.53. The smallest absolute Gasteiger partial charge is 0.257 e. The maximum absolute atomic E-state index is 13.3. The molecule has 2 amide bonds. The molecule has 6 nitrogen and oxygen atoms in total. The monoisotopic (exact) mass is 450 g/mol. The average molecular weight is 451 g/mol. The van der Waals surface area contributed by atoms with E-state index in [1.165, 1.54) is 0 Å². The SMILES string of the molecule is Cc1nn(Cc2ccccc2Cl)c(C)c1C(=O)N1CCC(NC(=O)c2ccccc2)CC1. The van der Waals surface area contributed by atoms with Gasteiger partial charge in [-0.05, 0) is 50.5 Å². The molecule has 2 aromatic carbocycles. The molecule has 0 unspecified atom stereocenters. The van der Waals surface area contributed by atoms with Gasteiger partial charge in [-0.3, -0.25) is 14.3 Å². The summed E-state index contributed by atoms with van der Waals surface area (Å²) in [6, 6.07) is 16.9. The highest BCUT2D eigenvalue weighted by atomic mass is 35.5. The van der Waals surface area contributed by atoms with Crippen molar-refractivity contribution in [2.24, 2.45) is 0 Å². The molecule has 0 bridgehead atoms. The van der Waals surface area contributed by atoms with E-state index in [9.17, 15) is 9.59 Å². The molecule has 0 aliphatic carbocycles. The van der Waals surface area contributed by atoms with Crippen LogP contribution in [0.4, 0.5) is 0 Å². The Hall–Kier alpha value is -3.12. The molecule has 32 heavy (non-hydrogen) atoms. The lowest BCUT2D eigenvalue weighted by atomic mass is 10.0. The van der Waals surface area contributed by atoms with Crippen molar-refractivity contribution in [1.29, 1.82) is 0 Å². The average Bonchev–Trinajstić information content (AvgIpc) is 3.08. The molecule has 1 fully saturated rings. The predicted molar refractivity (Wildman–Crippen MR) is 125 cm³/mol. The Bertz CT molecular complexity index is 1120. The van der Waals surface area contributed by atoms with Crippen LogP contribution in [0.15, 0.2) is 54.6 Å². The van der Waals surface area contributed by atoms with Crippen LogP contribution in [0.1, 0.15) is 50.5 Å². The second-order valence-corrected chi connectivity index (χ2v) is 8.61. The molecule has 3 aromatic rings. The molecule has 2 heterocycles. The van der Waals surface area contributed by atoms with Crippen LogP contribution in [-0.2, 0) is 6.54 Å². The molecule has 1 aliphatic rings. The normalized spacial score (nSPS) is 14.4. The highest BCUT2D eigenvalue weighted by molar-refractivity contribution is 6.31. The molecule has 4 rings (SSSR count). The molecular weight excluding hydrogens is 424 g/mol. The van der Waals surface area contributed by atoms with E-state index >= 15 is 0 Å². The zero-order chi connectivity index (χ0) is 22.7. The fraction of sp³-hybridized carbons (Fsp3) is 0.320. The van der Waals surface area contributed by atoms with E-state index in [0.717, 1.165) is 29.8 Å². The number of likely N-dealkylation sites (tertiary alicyclic amines) is 1. The zero-order valence-electron chi connectivity index (χ0n) is 18.3. The van der Waals surface area contributed by atoms with Crippen molar-refractivity contribution in [3.8, 4) is 0 Å². The summed E-state index contributed by atoms with van der Waals surface area (Å²) in [6.07, 6.45) is 1.46. The lowest BCUT2D eigenvalue weighted by Crippen LogP contribution is -2.46. The van der Waals surface area contributed by atoms with Crippen LogP contribution in [0.25, 0.3) is 0 Å². The van der Waals surface area contributed by atoms with Crippen LogP contribution in [0.2, 0.25) is 5.02 Å². The quantitative estimate of drug-likeness (QED) is 0.632. The largest absolute Gasteiger partial charge is 0.349 e. The minimum Gasteiger partial charge on any atom is -0.349 e. The summed E-state index contributed by atoms with van der Waals surface area (Å²) < 4.78 is 1.84. The number of carbonyl (C=O) groups excluding carboxylic acids is 2. The highest BCUT2D eigenvalue weighted by Crippen LogP contribution is 2.22. The van der Waals surface area contributed by atoms with Gasteiger partial charge in [-0.15, -0.1) is 0 Å². The van der Waals surface area contributed by atoms with E-state index in [1.54, 1.807) is 12.1 Å². The number of aromatic nitrogens is 2. The molecule has 0 radical (unpaired) electrons. The Morgan fingerprint density at radius 2 is 1.69 bits per heavy atom. The molecule has 0 spiro atoms. The second-order valence-electron chi connectivity index (χ2n) is 8.20. The van der Waals surface area contributed by atoms with Gasteiger partial charge >= 0.3 is 0 Å². The van der Waals surface area contributed by atoms with E-state index in [0.29, 0.717) is 35.8 Å². The third kappa shape index (κ3) is 4.70. The van der Waals surface area contributed by atoms with Crippen molar-refractivity contribution in [2.45, 2.75) is 39.3 Å². The number of nitrogens with zero attached hydrogens (tertiary/aromatic N) is 3. The van der Waals surface area contributed by atoms with Crippen molar-refractivity contribution in [1.82, 2.24) is 20.0 Å². The molecule has 1 saturated heterocycles. The standard InChI is InChI=1S/C25H27ClN4O2/c1-17-23(18(2)30(28-17)16-20-10-6-7-11-22(20)26)25(32)29-14-12-21(13-15-29)27-24(31)19-8-4-3-5-9-19/h3-11,21H,12-16H2,1-2H3,(H,27,31).